The number of aliphatic imine (C=N–C) groups is 2. The van der Waals surface area contributed by atoms with E-state index in [1.54, 1.807) is 24.6 Å². The van der Waals surface area contributed by atoms with Gasteiger partial charge in [0.15, 0.2) is 0 Å². The standard InChI is InChI=1S/C21H17N3O/c22-19-7-1-4-16(10-19)13-23-20-8-2-5-17(11-20)14-24-21-9-3-6-18(12-21)15-25/h1-15H,22H2. The number of benzene rings is 3. The largest absolute Gasteiger partial charge is 0.399 e. The molecular formula is C21H17N3O. The van der Waals surface area contributed by atoms with E-state index in [4.69, 9.17) is 5.73 Å². The van der Waals surface area contributed by atoms with Crippen molar-refractivity contribution in [3.8, 4) is 0 Å². The molecule has 2 N–H and O–H groups in total. The van der Waals surface area contributed by atoms with Gasteiger partial charge in [-0.25, -0.2) is 0 Å². The number of nitrogens with two attached hydrogens (primary N) is 1. The number of aldehydes is 1. The number of nitrogen functional groups attached to an aromatic ring is 1. The van der Waals surface area contributed by atoms with Crippen LogP contribution in [0.3, 0.4) is 0 Å². The molecule has 4 heteroatoms. The second-order valence-electron chi connectivity index (χ2n) is 5.49. The van der Waals surface area contributed by atoms with E-state index >= 15 is 0 Å². The van der Waals surface area contributed by atoms with Crippen LogP contribution in [0.5, 0.6) is 0 Å². The van der Waals surface area contributed by atoms with Crippen molar-refractivity contribution in [1.29, 1.82) is 0 Å². The molecule has 4 nitrogen and oxygen atoms in total. The molecule has 0 saturated carbocycles. The molecule has 0 saturated heterocycles. The Morgan fingerprint density at radius 1 is 0.680 bits per heavy atom. The summed E-state index contributed by atoms with van der Waals surface area (Å²) in [5.74, 6) is 0. The van der Waals surface area contributed by atoms with Crippen molar-refractivity contribution in [1.82, 2.24) is 0 Å². The first-order chi connectivity index (χ1) is 12.2. The van der Waals surface area contributed by atoms with Gasteiger partial charge in [0, 0.05) is 23.7 Å². The van der Waals surface area contributed by atoms with E-state index in [1.807, 2.05) is 60.7 Å². The number of hydrogen-bond acceptors (Lipinski definition) is 4. The minimum absolute atomic E-state index is 0.607. The van der Waals surface area contributed by atoms with Gasteiger partial charge in [0.05, 0.1) is 11.4 Å². The van der Waals surface area contributed by atoms with Crippen molar-refractivity contribution >= 4 is 35.8 Å². The Morgan fingerprint density at radius 2 is 1.20 bits per heavy atom. The van der Waals surface area contributed by atoms with Gasteiger partial charge < -0.3 is 5.73 Å². The van der Waals surface area contributed by atoms with Crippen LogP contribution in [0.15, 0.2) is 82.8 Å². The molecular weight excluding hydrogens is 310 g/mol. The fourth-order valence-corrected chi connectivity index (χ4v) is 2.30. The molecule has 3 aromatic carbocycles. The van der Waals surface area contributed by atoms with Crippen LogP contribution in [-0.2, 0) is 0 Å². The second kappa shape index (κ2) is 7.84. The zero-order valence-electron chi connectivity index (χ0n) is 13.5. The van der Waals surface area contributed by atoms with Gasteiger partial charge in [0.1, 0.15) is 6.29 Å². The molecule has 0 atom stereocenters. The lowest BCUT2D eigenvalue weighted by Gasteiger charge is -1.99. The minimum atomic E-state index is 0.607. The molecule has 0 fully saturated rings. The molecule has 0 unspecified atom stereocenters. The average Bonchev–Trinajstić information content (AvgIpc) is 2.65. The van der Waals surface area contributed by atoms with E-state index in [0.717, 1.165) is 28.8 Å². The van der Waals surface area contributed by atoms with Crippen LogP contribution in [0.1, 0.15) is 21.5 Å². The van der Waals surface area contributed by atoms with Gasteiger partial charge >= 0.3 is 0 Å². The molecule has 0 aliphatic heterocycles. The molecule has 0 amide bonds. The third-order valence-electron chi connectivity index (χ3n) is 3.51. The van der Waals surface area contributed by atoms with Crippen LogP contribution in [-0.4, -0.2) is 18.7 Å². The van der Waals surface area contributed by atoms with E-state index < -0.39 is 0 Å². The zero-order valence-corrected chi connectivity index (χ0v) is 13.5. The smallest absolute Gasteiger partial charge is 0.150 e. The summed E-state index contributed by atoms with van der Waals surface area (Å²) >= 11 is 0. The summed E-state index contributed by atoms with van der Waals surface area (Å²) in [7, 11) is 0. The summed E-state index contributed by atoms with van der Waals surface area (Å²) < 4.78 is 0. The SMILES string of the molecule is Nc1cccc(C=Nc2cccc(C=Nc3cccc(C=O)c3)c2)c1. The predicted octanol–water partition coefficient (Wildman–Crippen LogP) is 4.58. The Balaban J connectivity index is 1.77. The third kappa shape index (κ3) is 4.72. The fraction of sp³-hybridized carbons (Fsp3) is 0. The summed E-state index contributed by atoms with van der Waals surface area (Å²) in [6.45, 7) is 0. The van der Waals surface area contributed by atoms with Crippen molar-refractivity contribution in [3.63, 3.8) is 0 Å². The van der Waals surface area contributed by atoms with E-state index in [9.17, 15) is 4.79 Å². The Hall–Kier alpha value is -3.53. The van der Waals surface area contributed by atoms with Crippen molar-refractivity contribution in [3.05, 3.63) is 89.5 Å². The highest BCUT2D eigenvalue weighted by Crippen LogP contribution is 2.16. The molecule has 0 aliphatic carbocycles. The van der Waals surface area contributed by atoms with Crippen molar-refractivity contribution in [2.24, 2.45) is 9.98 Å². The molecule has 0 radical (unpaired) electrons. The van der Waals surface area contributed by atoms with Gasteiger partial charge in [-0.1, -0.05) is 36.4 Å². The highest BCUT2D eigenvalue weighted by molar-refractivity contribution is 5.86. The lowest BCUT2D eigenvalue weighted by Crippen LogP contribution is -1.87. The van der Waals surface area contributed by atoms with Crippen LogP contribution in [0.2, 0.25) is 0 Å². The van der Waals surface area contributed by atoms with Gasteiger partial charge in [-0.05, 0) is 47.5 Å². The third-order valence-corrected chi connectivity index (χ3v) is 3.51. The summed E-state index contributed by atoms with van der Waals surface area (Å²) in [6, 6.07) is 22.4. The summed E-state index contributed by atoms with van der Waals surface area (Å²) in [4.78, 5) is 19.7. The molecule has 0 aromatic heterocycles. The van der Waals surface area contributed by atoms with Crippen molar-refractivity contribution < 1.29 is 4.79 Å². The lowest BCUT2D eigenvalue weighted by molar-refractivity contribution is 0.112. The zero-order chi connectivity index (χ0) is 17.5. The van der Waals surface area contributed by atoms with Gasteiger partial charge in [0.25, 0.3) is 0 Å². The Kier molecular flexibility index (Phi) is 5.12. The van der Waals surface area contributed by atoms with Gasteiger partial charge in [-0.15, -0.1) is 0 Å². The Bertz CT molecular complexity index is 945. The molecule has 25 heavy (non-hydrogen) atoms. The van der Waals surface area contributed by atoms with Crippen molar-refractivity contribution in [2.75, 3.05) is 5.73 Å². The van der Waals surface area contributed by atoms with Gasteiger partial charge in [-0.2, -0.15) is 0 Å². The fourth-order valence-electron chi connectivity index (χ4n) is 2.30. The van der Waals surface area contributed by atoms with Crippen LogP contribution in [0.4, 0.5) is 17.1 Å². The highest BCUT2D eigenvalue weighted by Gasteiger charge is 1.95. The predicted molar refractivity (Wildman–Crippen MR) is 104 cm³/mol. The second-order valence-corrected chi connectivity index (χ2v) is 5.49. The van der Waals surface area contributed by atoms with Crippen LogP contribution in [0.25, 0.3) is 0 Å². The number of rotatable bonds is 5. The van der Waals surface area contributed by atoms with Crippen LogP contribution >= 0.6 is 0 Å². The Morgan fingerprint density at radius 3 is 1.80 bits per heavy atom. The molecule has 0 spiro atoms. The van der Waals surface area contributed by atoms with Gasteiger partial charge in [-0.3, -0.25) is 14.8 Å². The van der Waals surface area contributed by atoms with E-state index in [-0.39, 0.29) is 0 Å². The Labute approximate surface area is 146 Å². The molecule has 0 bridgehead atoms. The summed E-state index contributed by atoms with van der Waals surface area (Å²) in [6.07, 6.45) is 4.34. The van der Waals surface area contributed by atoms with E-state index in [0.29, 0.717) is 11.3 Å². The maximum atomic E-state index is 10.8. The maximum Gasteiger partial charge on any atom is 0.150 e. The molecule has 0 heterocycles. The molecule has 3 rings (SSSR count). The molecule has 3 aromatic rings. The first-order valence-corrected chi connectivity index (χ1v) is 7.82. The first-order valence-electron chi connectivity index (χ1n) is 7.82. The number of carbonyl (C=O) groups is 1. The van der Waals surface area contributed by atoms with Crippen molar-refractivity contribution in [2.45, 2.75) is 0 Å². The van der Waals surface area contributed by atoms with Crippen LogP contribution < -0.4 is 5.73 Å². The normalized spacial score (nSPS) is 11.2. The monoisotopic (exact) mass is 327 g/mol. The number of hydrogen-bond donors (Lipinski definition) is 1. The number of nitrogens with zero attached hydrogens (tertiary/aromatic N) is 2. The van der Waals surface area contributed by atoms with E-state index in [1.165, 1.54) is 0 Å². The molecule has 122 valence electrons. The summed E-state index contributed by atoms with van der Waals surface area (Å²) in [5, 5.41) is 0. The van der Waals surface area contributed by atoms with Gasteiger partial charge in [0.2, 0.25) is 0 Å². The van der Waals surface area contributed by atoms with Crippen LogP contribution in [0, 0.1) is 0 Å². The average molecular weight is 327 g/mol. The number of carbonyl (C=O) groups excluding carboxylic acids is 1. The lowest BCUT2D eigenvalue weighted by atomic mass is 10.2. The topological polar surface area (TPSA) is 67.8 Å². The van der Waals surface area contributed by atoms with E-state index in [2.05, 4.69) is 9.98 Å². The first kappa shape index (κ1) is 16.3. The minimum Gasteiger partial charge on any atom is -0.399 e. The highest BCUT2D eigenvalue weighted by atomic mass is 16.1. The maximum absolute atomic E-state index is 10.8. The quantitative estimate of drug-likeness (QED) is 0.423. The number of anilines is 1. The summed E-state index contributed by atoms with van der Waals surface area (Å²) in [5.41, 5.74) is 10.5. The molecule has 0 aliphatic rings.